The van der Waals surface area contributed by atoms with Crippen LogP contribution in [0.15, 0.2) is 60.7 Å². The van der Waals surface area contributed by atoms with Crippen LogP contribution in [0.5, 0.6) is 5.75 Å². The van der Waals surface area contributed by atoms with E-state index in [-0.39, 0.29) is 12.5 Å². The zero-order chi connectivity index (χ0) is 18.0. The monoisotopic (exact) mass is 352 g/mol. The third kappa shape index (κ3) is 5.88. The van der Waals surface area contributed by atoms with Gasteiger partial charge in [0.2, 0.25) is 0 Å². The summed E-state index contributed by atoms with van der Waals surface area (Å²) in [7, 11) is 0. The van der Waals surface area contributed by atoms with E-state index in [2.05, 4.69) is 34.5 Å². The van der Waals surface area contributed by atoms with E-state index in [0.717, 1.165) is 25.3 Å². The van der Waals surface area contributed by atoms with Gasteiger partial charge < -0.3 is 10.1 Å². The van der Waals surface area contributed by atoms with Gasteiger partial charge in [0, 0.05) is 12.6 Å². The molecule has 4 heteroatoms. The first-order valence-electron chi connectivity index (χ1n) is 9.54. The van der Waals surface area contributed by atoms with Gasteiger partial charge in [-0.25, -0.2) is 0 Å². The molecule has 1 amide bonds. The van der Waals surface area contributed by atoms with Crippen molar-refractivity contribution < 1.29 is 9.53 Å². The predicted molar refractivity (Wildman–Crippen MR) is 104 cm³/mol. The molecule has 0 radical (unpaired) electrons. The minimum atomic E-state index is -0.0658. The zero-order valence-electron chi connectivity index (χ0n) is 15.3. The highest BCUT2D eigenvalue weighted by Gasteiger charge is 2.21. The second-order valence-corrected chi connectivity index (χ2v) is 6.85. The van der Waals surface area contributed by atoms with Crippen molar-refractivity contribution >= 4 is 5.91 Å². The molecule has 1 atom stereocenters. The van der Waals surface area contributed by atoms with Crippen LogP contribution in [0, 0.1) is 0 Å². The molecular weight excluding hydrogens is 324 g/mol. The predicted octanol–water partition coefficient (Wildman–Crippen LogP) is 3.28. The van der Waals surface area contributed by atoms with Crippen LogP contribution in [0.2, 0.25) is 0 Å². The first kappa shape index (κ1) is 18.5. The molecule has 138 valence electrons. The zero-order valence-corrected chi connectivity index (χ0v) is 15.3. The first-order valence-corrected chi connectivity index (χ1v) is 9.54. The van der Waals surface area contributed by atoms with Crippen LogP contribution in [-0.4, -0.2) is 43.1 Å². The molecule has 1 unspecified atom stereocenters. The standard InChI is InChI=1S/C22H28N2O2/c25-22(18-26-21-12-6-2-7-13-21)23-17-20(24-14-8-3-9-15-24)16-19-10-4-1-5-11-19/h1-2,4-7,10-13,20H,3,8-9,14-18H2,(H,23,25). The summed E-state index contributed by atoms with van der Waals surface area (Å²) >= 11 is 0. The smallest absolute Gasteiger partial charge is 0.257 e. The lowest BCUT2D eigenvalue weighted by atomic mass is 10.0. The van der Waals surface area contributed by atoms with Crippen LogP contribution in [0.4, 0.5) is 0 Å². The number of rotatable bonds is 8. The first-order chi connectivity index (χ1) is 12.8. The maximum Gasteiger partial charge on any atom is 0.257 e. The molecule has 26 heavy (non-hydrogen) atoms. The van der Waals surface area contributed by atoms with Gasteiger partial charge in [-0.1, -0.05) is 55.0 Å². The Morgan fingerprint density at radius 2 is 1.62 bits per heavy atom. The maximum atomic E-state index is 12.2. The quantitative estimate of drug-likeness (QED) is 0.793. The summed E-state index contributed by atoms with van der Waals surface area (Å²) in [5.41, 5.74) is 1.32. The molecule has 1 N–H and O–H groups in total. The Morgan fingerprint density at radius 1 is 0.962 bits per heavy atom. The van der Waals surface area contributed by atoms with Crippen LogP contribution in [0.1, 0.15) is 24.8 Å². The van der Waals surface area contributed by atoms with Crippen molar-refractivity contribution in [2.75, 3.05) is 26.2 Å². The largest absolute Gasteiger partial charge is 0.484 e. The van der Waals surface area contributed by atoms with Gasteiger partial charge in [-0.2, -0.15) is 0 Å². The Bertz CT molecular complexity index is 654. The Morgan fingerprint density at radius 3 is 2.31 bits per heavy atom. The number of nitrogens with zero attached hydrogens (tertiary/aromatic N) is 1. The average Bonchev–Trinajstić information content (AvgIpc) is 2.72. The second kappa shape index (κ2) is 9.97. The Hall–Kier alpha value is -2.33. The lowest BCUT2D eigenvalue weighted by Crippen LogP contribution is -2.48. The number of hydrogen-bond acceptors (Lipinski definition) is 3. The minimum absolute atomic E-state index is 0.0576. The summed E-state index contributed by atoms with van der Waals surface area (Å²) in [4.78, 5) is 14.7. The Labute approximate surface area is 156 Å². The van der Waals surface area contributed by atoms with Crippen LogP contribution < -0.4 is 10.1 Å². The molecule has 1 heterocycles. The number of carbonyl (C=O) groups excluding carboxylic acids is 1. The summed E-state index contributed by atoms with van der Waals surface area (Å²) in [6.07, 6.45) is 4.76. The fourth-order valence-corrected chi connectivity index (χ4v) is 3.45. The van der Waals surface area contributed by atoms with Crippen molar-refractivity contribution in [3.8, 4) is 5.75 Å². The molecule has 4 nitrogen and oxygen atoms in total. The molecule has 0 saturated carbocycles. The molecule has 1 fully saturated rings. The lowest BCUT2D eigenvalue weighted by Gasteiger charge is -2.35. The molecule has 2 aromatic rings. The number of nitrogens with one attached hydrogen (secondary N) is 1. The molecule has 0 aliphatic carbocycles. The van der Waals surface area contributed by atoms with E-state index in [0.29, 0.717) is 12.6 Å². The fraction of sp³-hybridized carbons (Fsp3) is 0.409. The van der Waals surface area contributed by atoms with E-state index < -0.39 is 0 Å². The Kier molecular flexibility index (Phi) is 7.08. The van der Waals surface area contributed by atoms with E-state index in [4.69, 9.17) is 4.74 Å². The maximum absolute atomic E-state index is 12.2. The Balaban J connectivity index is 1.52. The van der Waals surface area contributed by atoms with Crippen molar-refractivity contribution in [1.29, 1.82) is 0 Å². The highest BCUT2D eigenvalue weighted by Crippen LogP contribution is 2.15. The third-order valence-electron chi connectivity index (χ3n) is 4.87. The fourth-order valence-electron chi connectivity index (χ4n) is 3.45. The van der Waals surface area contributed by atoms with E-state index in [1.54, 1.807) is 0 Å². The van der Waals surface area contributed by atoms with Gasteiger partial charge in [0.1, 0.15) is 5.75 Å². The van der Waals surface area contributed by atoms with Gasteiger partial charge in [-0.05, 0) is 50.0 Å². The number of likely N-dealkylation sites (tertiary alicyclic amines) is 1. The summed E-state index contributed by atoms with van der Waals surface area (Å²) in [6.45, 7) is 2.95. The van der Waals surface area contributed by atoms with Crippen molar-refractivity contribution in [1.82, 2.24) is 10.2 Å². The van der Waals surface area contributed by atoms with Crippen molar-refractivity contribution in [3.63, 3.8) is 0 Å². The number of hydrogen-bond donors (Lipinski definition) is 1. The van der Waals surface area contributed by atoms with E-state index in [1.165, 1.54) is 24.8 Å². The van der Waals surface area contributed by atoms with Crippen molar-refractivity contribution in [3.05, 3.63) is 66.2 Å². The number of carbonyl (C=O) groups is 1. The van der Waals surface area contributed by atoms with Crippen LogP contribution in [-0.2, 0) is 11.2 Å². The molecule has 3 rings (SSSR count). The lowest BCUT2D eigenvalue weighted by molar-refractivity contribution is -0.123. The molecule has 0 spiro atoms. The van der Waals surface area contributed by atoms with E-state index in [1.807, 2.05) is 36.4 Å². The van der Waals surface area contributed by atoms with E-state index in [9.17, 15) is 4.79 Å². The van der Waals surface area contributed by atoms with Gasteiger partial charge in [0.15, 0.2) is 6.61 Å². The van der Waals surface area contributed by atoms with Crippen molar-refractivity contribution in [2.24, 2.45) is 0 Å². The molecule has 0 aromatic heterocycles. The third-order valence-corrected chi connectivity index (χ3v) is 4.87. The summed E-state index contributed by atoms with van der Waals surface area (Å²) in [5.74, 6) is 0.656. The summed E-state index contributed by atoms with van der Waals surface area (Å²) in [6, 6.07) is 20.3. The summed E-state index contributed by atoms with van der Waals surface area (Å²) in [5, 5.41) is 3.06. The van der Waals surface area contributed by atoms with Gasteiger partial charge in [-0.3, -0.25) is 9.69 Å². The topological polar surface area (TPSA) is 41.6 Å². The van der Waals surface area contributed by atoms with Gasteiger partial charge >= 0.3 is 0 Å². The van der Waals surface area contributed by atoms with Crippen LogP contribution >= 0.6 is 0 Å². The van der Waals surface area contributed by atoms with E-state index >= 15 is 0 Å². The molecule has 1 aliphatic rings. The molecule has 1 aliphatic heterocycles. The molecular formula is C22H28N2O2. The average molecular weight is 352 g/mol. The highest BCUT2D eigenvalue weighted by molar-refractivity contribution is 5.77. The minimum Gasteiger partial charge on any atom is -0.484 e. The number of ether oxygens (including phenoxy) is 1. The van der Waals surface area contributed by atoms with Gasteiger partial charge in [0.25, 0.3) is 5.91 Å². The van der Waals surface area contributed by atoms with Crippen LogP contribution in [0.3, 0.4) is 0 Å². The number of benzene rings is 2. The van der Waals surface area contributed by atoms with Gasteiger partial charge in [0.05, 0.1) is 0 Å². The van der Waals surface area contributed by atoms with Crippen molar-refractivity contribution in [2.45, 2.75) is 31.7 Å². The number of para-hydroxylation sites is 1. The highest BCUT2D eigenvalue weighted by atomic mass is 16.5. The summed E-state index contributed by atoms with van der Waals surface area (Å²) < 4.78 is 5.54. The molecule has 1 saturated heterocycles. The molecule has 0 bridgehead atoms. The normalized spacial score (nSPS) is 16.0. The molecule has 2 aromatic carbocycles. The second-order valence-electron chi connectivity index (χ2n) is 6.85. The van der Waals surface area contributed by atoms with Gasteiger partial charge in [-0.15, -0.1) is 0 Å². The number of piperidine rings is 1. The SMILES string of the molecule is O=C(COc1ccccc1)NCC(Cc1ccccc1)N1CCCCC1. The van der Waals surface area contributed by atoms with Crippen LogP contribution in [0.25, 0.3) is 0 Å². The number of amides is 1.